The summed E-state index contributed by atoms with van der Waals surface area (Å²) in [6, 6.07) is 5.46. The Kier molecular flexibility index (Phi) is 4.63. The van der Waals surface area contributed by atoms with Gasteiger partial charge in [-0.2, -0.15) is 5.10 Å². The maximum atomic E-state index is 12.9. The molecule has 1 atom stereocenters. The van der Waals surface area contributed by atoms with Gasteiger partial charge in [-0.05, 0) is 24.6 Å². The minimum absolute atomic E-state index is 0.00217. The summed E-state index contributed by atoms with van der Waals surface area (Å²) in [6.45, 7) is 1.59. The van der Waals surface area contributed by atoms with Gasteiger partial charge >= 0.3 is 0 Å². The minimum atomic E-state index is -0.0823. The van der Waals surface area contributed by atoms with E-state index in [9.17, 15) is 4.79 Å². The summed E-state index contributed by atoms with van der Waals surface area (Å²) in [6.07, 6.45) is 9.06. The van der Waals surface area contributed by atoms with E-state index in [2.05, 4.69) is 15.1 Å². The third-order valence-electron chi connectivity index (χ3n) is 4.44. The summed E-state index contributed by atoms with van der Waals surface area (Å²) in [7, 11) is 0. The van der Waals surface area contributed by atoms with Gasteiger partial charge in [0.2, 0.25) is 11.8 Å². The lowest BCUT2D eigenvalue weighted by Crippen LogP contribution is -2.43. The van der Waals surface area contributed by atoms with Gasteiger partial charge in [0.05, 0.1) is 37.2 Å². The minimum Gasteiger partial charge on any atom is -0.474 e. The number of hydrogen-bond donors (Lipinski definition) is 0. The molecule has 3 aromatic rings. The Morgan fingerprint density at radius 3 is 3.08 bits per heavy atom. The monoisotopic (exact) mass is 353 g/mol. The Labute approximate surface area is 150 Å². The van der Waals surface area contributed by atoms with Crippen LogP contribution in [0.3, 0.4) is 0 Å². The fourth-order valence-corrected chi connectivity index (χ4v) is 3.10. The molecule has 0 spiro atoms. The maximum Gasteiger partial charge on any atom is 0.232 e. The van der Waals surface area contributed by atoms with E-state index in [1.54, 1.807) is 37.1 Å². The summed E-state index contributed by atoms with van der Waals surface area (Å²) in [5.41, 5.74) is 1.01. The van der Waals surface area contributed by atoms with Gasteiger partial charge in [-0.15, -0.1) is 0 Å². The number of ether oxygens (including phenoxy) is 1. The molecule has 8 nitrogen and oxygen atoms in total. The van der Waals surface area contributed by atoms with Crippen LogP contribution in [0.2, 0.25) is 0 Å². The molecule has 4 rings (SSSR count). The molecule has 1 aliphatic heterocycles. The topological polar surface area (TPSA) is 86.3 Å². The second kappa shape index (κ2) is 7.38. The Hall–Kier alpha value is -3.16. The van der Waals surface area contributed by atoms with Crippen LogP contribution in [0, 0.1) is 0 Å². The second-order valence-corrected chi connectivity index (χ2v) is 6.12. The molecule has 8 heteroatoms. The van der Waals surface area contributed by atoms with Gasteiger partial charge in [-0.1, -0.05) is 0 Å². The molecular weight excluding hydrogens is 334 g/mol. The van der Waals surface area contributed by atoms with Crippen LogP contribution in [0.25, 0.3) is 0 Å². The van der Waals surface area contributed by atoms with Crippen LogP contribution in [0.5, 0.6) is 5.88 Å². The van der Waals surface area contributed by atoms with E-state index < -0.39 is 0 Å². The highest BCUT2D eigenvalue weighted by Crippen LogP contribution is 2.20. The van der Waals surface area contributed by atoms with Gasteiger partial charge in [0.1, 0.15) is 12.4 Å². The lowest BCUT2D eigenvalue weighted by Gasteiger charge is -2.29. The zero-order chi connectivity index (χ0) is 17.8. The molecule has 1 amide bonds. The molecule has 3 aromatic heterocycles. The van der Waals surface area contributed by atoms with E-state index >= 15 is 0 Å². The summed E-state index contributed by atoms with van der Waals surface area (Å²) < 4.78 is 13.0. The van der Waals surface area contributed by atoms with Crippen molar-refractivity contribution in [3.63, 3.8) is 0 Å². The molecule has 0 unspecified atom stereocenters. The summed E-state index contributed by atoms with van der Waals surface area (Å²) >= 11 is 0. The average Bonchev–Trinajstić information content (AvgIpc) is 3.30. The summed E-state index contributed by atoms with van der Waals surface area (Å²) in [5, 5.41) is 4.34. The zero-order valence-corrected chi connectivity index (χ0v) is 14.2. The van der Waals surface area contributed by atoms with Crippen LogP contribution < -0.4 is 4.74 Å². The van der Waals surface area contributed by atoms with Gasteiger partial charge in [-0.3, -0.25) is 14.5 Å². The predicted octanol–water partition coefficient (Wildman–Crippen LogP) is 1.69. The lowest BCUT2D eigenvalue weighted by atomic mass is 10.1. The van der Waals surface area contributed by atoms with Crippen molar-refractivity contribution in [2.45, 2.75) is 32.0 Å². The molecule has 0 N–H and O–H groups in total. The molecule has 4 heterocycles. The van der Waals surface area contributed by atoms with Crippen molar-refractivity contribution < 1.29 is 13.9 Å². The van der Waals surface area contributed by atoms with E-state index in [1.165, 1.54) is 0 Å². The molecule has 0 aliphatic carbocycles. The van der Waals surface area contributed by atoms with Crippen molar-refractivity contribution in [2.75, 3.05) is 6.61 Å². The second-order valence-electron chi connectivity index (χ2n) is 6.12. The molecule has 0 bridgehead atoms. The highest BCUT2D eigenvalue weighted by atomic mass is 16.5. The third kappa shape index (κ3) is 3.58. The molecule has 134 valence electrons. The Bertz CT molecular complexity index is 847. The van der Waals surface area contributed by atoms with Gasteiger partial charge in [-0.25, -0.2) is 4.98 Å². The Morgan fingerprint density at radius 1 is 1.31 bits per heavy atom. The standard InChI is InChI=1S/C18H19N5O3/c24-18(10-16-2-1-9-25-16)22-12-14-3-5-21-23(14)8-4-15(22)13-26-17-11-19-6-7-20-17/h1-3,5-7,9,11,15H,4,8,10,12-13H2/t15-/m1/s1. The molecule has 26 heavy (non-hydrogen) atoms. The lowest BCUT2D eigenvalue weighted by molar-refractivity contribution is -0.134. The van der Waals surface area contributed by atoms with Gasteiger partial charge in [0.15, 0.2) is 0 Å². The number of carbonyl (C=O) groups is 1. The van der Waals surface area contributed by atoms with Gasteiger partial charge in [0, 0.05) is 25.1 Å². The number of aryl methyl sites for hydroxylation is 1. The molecule has 0 aromatic carbocycles. The van der Waals surface area contributed by atoms with Crippen LogP contribution in [0.1, 0.15) is 17.9 Å². The van der Waals surface area contributed by atoms with Crippen LogP contribution in [0.4, 0.5) is 0 Å². The van der Waals surface area contributed by atoms with Gasteiger partial charge in [0.25, 0.3) is 0 Å². The predicted molar refractivity (Wildman–Crippen MR) is 91.1 cm³/mol. The molecule has 0 fully saturated rings. The normalized spacial score (nSPS) is 16.8. The van der Waals surface area contributed by atoms with Crippen LogP contribution in [0.15, 0.2) is 53.7 Å². The number of carbonyl (C=O) groups excluding carboxylic acids is 1. The largest absolute Gasteiger partial charge is 0.474 e. The van der Waals surface area contributed by atoms with Crippen LogP contribution in [-0.2, 0) is 24.3 Å². The maximum absolute atomic E-state index is 12.9. The molecule has 0 saturated heterocycles. The van der Waals surface area contributed by atoms with Crippen molar-refractivity contribution in [3.8, 4) is 5.88 Å². The smallest absolute Gasteiger partial charge is 0.232 e. The first-order chi connectivity index (χ1) is 12.8. The first-order valence-corrected chi connectivity index (χ1v) is 8.51. The average molecular weight is 353 g/mol. The van der Waals surface area contributed by atoms with Crippen molar-refractivity contribution in [3.05, 3.63) is 60.7 Å². The van der Waals surface area contributed by atoms with E-state index in [0.717, 1.165) is 18.7 Å². The fourth-order valence-electron chi connectivity index (χ4n) is 3.10. The fraction of sp³-hybridized carbons (Fsp3) is 0.333. The quantitative estimate of drug-likeness (QED) is 0.694. The summed E-state index contributed by atoms with van der Waals surface area (Å²) in [4.78, 5) is 22.9. The number of amides is 1. The number of furan rings is 1. The number of aromatic nitrogens is 4. The number of fused-ring (bicyclic) bond motifs is 1. The SMILES string of the molecule is O=C(Cc1ccco1)N1Cc2ccnn2CC[C@@H]1COc1cnccn1. The molecule has 0 radical (unpaired) electrons. The highest BCUT2D eigenvalue weighted by molar-refractivity contribution is 5.78. The van der Waals surface area contributed by atoms with Crippen LogP contribution >= 0.6 is 0 Å². The molecule has 1 aliphatic rings. The van der Waals surface area contributed by atoms with E-state index in [-0.39, 0.29) is 18.4 Å². The Morgan fingerprint density at radius 2 is 2.27 bits per heavy atom. The zero-order valence-electron chi connectivity index (χ0n) is 14.2. The first kappa shape index (κ1) is 16.3. The van der Waals surface area contributed by atoms with E-state index in [1.807, 2.05) is 21.7 Å². The van der Waals surface area contributed by atoms with Crippen LogP contribution in [-0.4, -0.2) is 43.2 Å². The van der Waals surface area contributed by atoms with Crippen molar-refractivity contribution in [2.24, 2.45) is 0 Å². The number of hydrogen-bond acceptors (Lipinski definition) is 6. The van der Waals surface area contributed by atoms with E-state index in [0.29, 0.717) is 24.8 Å². The summed E-state index contributed by atoms with van der Waals surface area (Å²) in [5.74, 6) is 1.11. The third-order valence-corrected chi connectivity index (χ3v) is 4.44. The molecule has 0 saturated carbocycles. The Balaban J connectivity index is 1.51. The van der Waals surface area contributed by atoms with E-state index in [4.69, 9.17) is 9.15 Å². The number of nitrogens with zero attached hydrogens (tertiary/aromatic N) is 5. The van der Waals surface area contributed by atoms with Crippen molar-refractivity contribution in [1.82, 2.24) is 24.6 Å². The van der Waals surface area contributed by atoms with Crippen molar-refractivity contribution in [1.29, 1.82) is 0 Å². The highest BCUT2D eigenvalue weighted by Gasteiger charge is 2.29. The number of rotatable bonds is 5. The van der Waals surface area contributed by atoms with Crippen molar-refractivity contribution >= 4 is 5.91 Å². The molecular formula is C18H19N5O3. The van der Waals surface area contributed by atoms with Gasteiger partial charge < -0.3 is 14.1 Å². The first-order valence-electron chi connectivity index (χ1n) is 8.51.